The van der Waals surface area contributed by atoms with Crippen molar-refractivity contribution in [2.45, 2.75) is 43.9 Å². The fraction of sp³-hybridized carbons (Fsp3) is 0.360. The smallest absolute Gasteiger partial charge is 0.108 e. The lowest BCUT2D eigenvalue weighted by molar-refractivity contribution is 0.103. The summed E-state index contributed by atoms with van der Waals surface area (Å²) in [6.07, 6.45) is 9.41. The van der Waals surface area contributed by atoms with Crippen molar-refractivity contribution in [2.24, 2.45) is 0 Å². The third-order valence-electron chi connectivity index (χ3n) is 5.95. The highest BCUT2D eigenvalue weighted by Crippen LogP contribution is 2.38. The van der Waals surface area contributed by atoms with Gasteiger partial charge in [-0.05, 0) is 36.8 Å². The van der Waals surface area contributed by atoms with Crippen molar-refractivity contribution in [1.29, 1.82) is 0 Å². The molecule has 2 fully saturated rings. The summed E-state index contributed by atoms with van der Waals surface area (Å²) in [5.74, 6) is 0. The maximum Gasteiger partial charge on any atom is 0.108 e. The van der Waals surface area contributed by atoms with Crippen LogP contribution in [-0.2, 0) is 4.74 Å². The van der Waals surface area contributed by atoms with Crippen LogP contribution in [0.25, 0.3) is 0 Å². The van der Waals surface area contributed by atoms with Gasteiger partial charge in [-0.25, -0.2) is 0 Å². The molecular formula is C25H29NO. The predicted octanol–water partition coefficient (Wildman–Crippen LogP) is 5.53. The number of rotatable bonds is 7. The van der Waals surface area contributed by atoms with Crippen molar-refractivity contribution in [3.8, 4) is 0 Å². The minimum Gasteiger partial charge on any atom is -0.365 e. The average Bonchev–Trinajstić information content (AvgIpc) is 2.95. The van der Waals surface area contributed by atoms with E-state index in [9.17, 15) is 0 Å². The van der Waals surface area contributed by atoms with Gasteiger partial charge in [0.1, 0.15) is 6.10 Å². The molecule has 4 rings (SSSR count). The van der Waals surface area contributed by atoms with Crippen molar-refractivity contribution in [3.63, 3.8) is 0 Å². The Balaban J connectivity index is 1.43. The van der Waals surface area contributed by atoms with Gasteiger partial charge in [0.05, 0.1) is 6.61 Å². The van der Waals surface area contributed by atoms with Crippen LogP contribution in [0, 0.1) is 0 Å². The highest BCUT2D eigenvalue weighted by molar-refractivity contribution is 5.30. The topological polar surface area (TPSA) is 12.5 Å². The fourth-order valence-corrected chi connectivity index (χ4v) is 4.66. The van der Waals surface area contributed by atoms with Gasteiger partial charge in [0.2, 0.25) is 0 Å². The number of fused-ring (bicyclic) bond motifs is 2. The molecule has 2 aliphatic rings. The number of nitrogens with zero attached hydrogens (tertiary/aromatic N) is 1. The molecule has 27 heavy (non-hydrogen) atoms. The maximum absolute atomic E-state index is 6.38. The van der Waals surface area contributed by atoms with E-state index in [1.165, 1.54) is 36.8 Å². The third kappa shape index (κ3) is 4.23. The van der Waals surface area contributed by atoms with Gasteiger partial charge in [-0.2, -0.15) is 0 Å². The number of hydrogen-bond donors (Lipinski definition) is 0. The second-order valence-electron chi connectivity index (χ2n) is 7.68. The standard InChI is InChI=1S/C25H29NO/c1-2-16-26-23-13-14-24(26)19-20(18-23)15-17-27-25(21-9-5-3-6-10-21)22-11-7-4-8-12-22/h2-12,15,23-25H,1,13-14,16-19H2/t23-,24+. The molecule has 2 bridgehead atoms. The van der Waals surface area contributed by atoms with Gasteiger partial charge in [0.15, 0.2) is 0 Å². The van der Waals surface area contributed by atoms with Gasteiger partial charge in [0, 0.05) is 18.6 Å². The molecule has 0 unspecified atom stereocenters. The zero-order valence-corrected chi connectivity index (χ0v) is 16.0. The normalized spacial score (nSPS) is 23.8. The van der Waals surface area contributed by atoms with Crippen LogP contribution in [-0.4, -0.2) is 30.1 Å². The molecule has 2 saturated heterocycles. The summed E-state index contributed by atoms with van der Waals surface area (Å²) in [6, 6.07) is 22.5. The second-order valence-corrected chi connectivity index (χ2v) is 7.68. The van der Waals surface area contributed by atoms with Gasteiger partial charge >= 0.3 is 0 Å². The Bertz CT molecular complexity index is 712. The second kappa shape index (κ2) is 8.69. The van der Waals surface area contributed by atoms with Crippen molar-refractivity contribution in [2.75, 3.05) is 13.2 Å². The summed E-state index contributed by atoms with van der Waals surface area (Å²) < 4.78 is 6.38. The molecule has 0 aromatic heterocycles. The Labute approximate surface area is 163 Å². The molecule has 0 spiro atoms. The molecule has 0 N–H and O–H groups in total. The molecule has 2 heterocycles. The molecule has 0 amide bonds. The first-order valence-electron chi connectivity index (χ1n) is 10.1. The lowest BCUT2D eigenvalue weighted by Crippen LogP contribution is -2.40. The van der Waals surface area contributed by atoms with Crippen LogP contribution in [0.5, 0.6) is 0 Å². The molecule has 2 aliphatic heterocycles. The zero-order valence-electron chi connectivity index (χ0n) is 16.0. The fourth-order valence-electron chi connectivity index (χ4n) is 4.66. The molecule has 140 valence electrons. The first kappa shape index (κ1) is 18.2. The molecule has 0 radical (unpaired) electrons. The van der Waals surface area contributed by atoms with Crippen molar-refractivity contribution >= 4 is 0 Å². The van der Waals surface area contributed by atoms with E-state index >= 15 is 0 Å². The highest BCUT2D eigenvalue weighted by Gasteiger charge is 2.37. The molecule has 0 saturated carbocycles. The number of ether oxygens (including phenoxy) is 1. The Morgan fingerprint density at radius 1 is 0.926 bits per heavy atom. The minimum atomic E-state index is -0.0122. The van der Waals surface area contributed by atoms with Gasteiger partial charge in [-0.15, -0.1) is 6.58 Å². The van der Waals surface area contributed by atoms with Gasteiger partial charge in [-0.3, -0.25) is 4.90 Å². The van der Waals surface area contributed by atoms with Crippen LogP contribution >= 0.6 is 0 Å². The molecule has 2 aromatic rings. The van der Waals surface area contributed by atoms with E-state index in [0.29, 0.717) is 18.7 Å². The van der Waals surface area contributed by atoms with E-state index in [2.05, 4.69) is 78.2 Å². The van der Waals surface area contributed by atoms with Gasteiger partial charge in [0.25, 0.3) is 0 Å². The van der Waals surface area contributed by atoms with Gasteiger partial charge in [-0.1, -0.05) is 78.4 Å². The maximum atomic E-state index is 6.38. The van der Waals surface area contributed by atoms with Crippen LogP contribution in [0.1, 0.15) is 42.9 Å². The Kier molecular flexibility index (Phi) is 5.86. The van der Waals surface area contributed by atoms with Crippen LogP contribution in [0.15, 0.2) is 85.0 Å². The van der Waals surface area contributed by atoms with Crippen LogP contribution < -0.4 is 0 Å². The zero-order chi connectivity index (χ0) is 18.5. The van der Waals surface area contributed by atoms with E-state index in [1.807, 2.05) is 6.08 Å². The van der Waals surface area contributed by atoms with Crippen LogP contribution in [0.3, 0.4) is 0 Å². The first-order valence-corrected chi connectivity index (χ1v) is 10.1. The Morgan fingerprint density at radius 3 is 2.00 bits per heavy atom. The lowest BCUT2D eigenvalue weighted by atomic mass is 9.96. The summed E-state index contributed by atoms with van der Waals surface area (Å²) in [4.78, 5) is 2.64. The summed E-state index contributed by atoms with van der Waals surface area (Å²) >= 11 is 0. The predicted molar refractivity (Wildman–Crippen MR) is 112 cm³/mol. The van der Waals surface area contributed by atoms with E-state index in [1.54, 1.807) is 5.57 Å². The summed E-state index contributed by atoms with van der Waals surface area (Å²) in [5, 5.41) is 0. The number of piperidine rings is 1. The highest BCUT2D eigenvalue weighted by atomic mass is 16.5. The first-order chi connectivity index (χ1) is 13.3. The molecule has 2 heteroatoms. The Morgan fingerprint density at radius 2 is 1.48 bits per heavy atom. The van der Waals surface area contributed by atoms with Crippen LogP contribution in [0.2, 0.25) is 0 Å². The molecular weight excluding hydrogens is 330 g/mol. The van der Waals surface area contributed by atoms with Crippen LogP contribution in [0.4, 0.5) is 0 Å². The van der Waals surface area contributed by atoms with E-state index in [0.717, 1.165) is 6.54 Å². The monoisotopic (exact) mass is 359 g/mol. The molecule has 0 aliphatic carbocycles. The summed E-state index contributed by atoms with van der Waals surface area (Å²) in [6.45, 7) is 5.62. The quantitative estimate of drug-likeness (QED) is 0.603. The van der Waals surface area contributed by atoms with Crippen molar-refractivity contribution < 1.29 is 4.74 Å². The average molecular weight is 360 g/mol. The molecule has 2 atom stereocenters. The SMILES string of the molecule is C=CCN1[C@@H]2CC[C@H]1CC(=CCOC(c1ccccc1)c1ccccc1)C2. The summed E-state index contributed by atoms with van der Waals surface area (Å²) in [7, 11) is 0. The Hall–Kier alpha value is -2.16. The van der Waals surface area contributed by atoms with E-state index in [4.69, 9.17) is 4.74 Å². The summed E-state index contributed by atoms with van der Waals surface area (Å²) in [5.41, 5.74) is 3.99. The third-order valence-corrected chi connectivity index (χ3v) is 5.95. The van der Waals surface area contributed by atoms with E-state index in [-0.39, 0.29) is 6.10 Å². The van der Waals surface area contributed by atoms with Crippen molar-refractivity contribution in [1.82, 2.24) is 4.90 Å². The van der Waals surface area contributed by atoms with Crippen molar-refractivity contribution in [3.05, 3.63) is 96.1 Å². The van der Waals surface area contributed by atoms with E-state index < -0.39 is 0 Å². The molecule has 2 nitrogen and oxygen atoms in total. The largest absolute Gasteiger partial charge is 0.365 e. The number of hydrogen-bond acceptors (Lipinski definition) is 2. The number of benzene rings is 2. The molecule has 2 aromatic carbocycles. The minimum absolute atomic E-state index is 0.0122. The van der Waals surface area contributed by atoms with Gasteiger partial charge < -0.3 is 4.74 Å². The lowest BCUT2D eigenvalue weighted by Gasteiger charge is -2.35.